The molecule has 17 heavy (non-hydrogen) atoms. The van der Waals surface area contributed by atoms with Crippen LogP contribution in [0.2, 0.25) is 5.82 Å². The second-order valence-electron chi connectivity index (χ2n) is 5.90. The zero-order valence-electron chi connectivity index (χ0n) is 11.0. The Kier molecular flexibility index (Phi) is 3.46. The van der Waals surface area contributed by atoms with Crippen LogP contribution in [0.3, 0.4) is 0 Å². The molecule has 96 valence electrons. The molecular weight excluding hydrogens is 213 g/mol. The molecule has 3 fully saturated rings. The first-order chi connectivity index (χ1) is 8.37. The van der Waals surface area contributed by atoms with Crippen LogP contribution in [0.4, 0.5) is 0 Å². The Hall–Kier alpha value is -0.0551. The molecule has 0 aliphatic carbocycles. The van der Waals surface area contributed by atoms with E-state index in [0.29, 0.717) is 12.4 Å². The molecule has 0 N–H and O–H groups in total. The zero-order valence-corrected chi connectivity index (χ0v) is 11.0. The number of morpholine rings is 1. The third-order valence-electron chi connectivity index (χ3n) is 5.22. The lowest BCUT2D eigenvalue weighted by Gasteiger charge is -2.55. The quantitative estimate of drug-likeness (QED) is 0.685. The highest BCUT2D eigenvalue weighted by Gasteiger charge is 2.54. The molecule has 3 nitrogen and oxygen atoms in total. The lowest BCUT2D eigenvalue weighted by Crippen LogP contribution is -2.66. The predicted molar refractivity (Wildman–Crippen MR) is 69.3 cm³/mol. The van der Waals surface area contributed by atoms with Gasteiger partial charge in [-0.3, -0.25) is 4.90 Å². The summed E-state index contributed by atoms with van der Waals surface area (Å²) in [5, 5.41) is 0. The molecule has 3 aliphatic heterocycles. The van der Waals surface area contributed by atoms with Gasteiger partial charge in [-0.25, -0.2) is 0 Å². The van der Waals surface area contributed by atoms with Gasteiger partial charge in [-0.05, 0) is 18.7 Å². The van der Waals surface area contributed by atoms with Gasteiger partial charge in [0.1, 0.15) is 0 Å². The fourth-order valence-corrected chi connectivity index (χ4v) is 4.55. The van der Waals surface area contributed by atoms with E-state index in [0.717, 1.165) is 32.1 Å². The first kappa shape index (κ1) is 12.0. The number of hydrogen-bond acceptors (Lipinski definition) is 3. The molecule has 0 atom stereocenters. The summed E-state index contributed by atoms with van der Waals surface area (Å²) < 4.78 is 11.4. The van der Waals surface area contributed by atoms with Crippen molar-refractivity contribution in [2.24, 2.45) is 0 Å². The van der Waals surface area contributed by atoms with Crippen molar-refractivity contribution in [2.75, 3.05) is 33.4 Å². The first-order valence-corrected chi connectivity index (χ1v) is 7.22. The number of fused-ring (bicyclic) bond motifs is 2. The number of nitrogens with zero attached hydrogens (tertiary/aromatic N) is 1. The van der Waals surface area contributed by atoms with Gasteiger partial charge in [0.25, 0.3) is 0 Å². The molecule has 0 aromatic carbocycles. The molecule has 0 radical (unpaired) electrons. The van der Waals surface area contributed by atoms with Gasteiger partial charge >= 0.3 is 6.92 Å². The van der Waals surface area contributed by atoms with Crippen molar-refractivity contribution in [1.82, 2.24) is 4.90 Å². The lowest BCUT2D eigenvalue weighted by molar-refractivity contribution is -0.0162. The van der Waals surface area contributed by atoms with E-state index in [1.165, 1.54) is 38.5 Å². The maximum atomic E-state index is 5.93. The lowest BCUT2D eigenvalue weighted by atomic mass is 9.33. The monoisotopic (exact) mass is 237 g/mol. The number of rotatable bonds is 2. The second kappa shape index (κ2) is 4.91. The summed E-state index contributed by atoms with van der Waals surface area (Å²) in [5.74, 6) is 0.811. The van der Waals surface area contributed by atoms with Gasteiger partial charge in [-0.15, -0.1) is 0 Å². The third-order valence-corrected chi connectivity index (χ3v) is 5.22. The van der Waals surface area contributed by atoms with E-state index < -0.39 is 0 Å². The van der Waals surface area contributed by atoms with E-state index >= 15 is 0 Å². The summed E-state index contributed by atoms with van der Waals surface area (Å²) >= 11 is 0. The predicted octanol–water partition coefficient (Wildman–Crippen LogP) is 1.97. The van der Waals surface area contributed by atoms with Crippen molar-refractivity contribution in [1.29, 1.82) is 0 Å². The molecular formula is C13H24BNO2. The SMILES string of the molecule is COB1C2CCCC1(N1CCOCC1)CCC2. The van der Waals surface area contributed by atoms with Crippen LogP contribution >= 0.6 is 0 Å². The first-order valence-electron chi connectivity index (χ1n) is 7.22. The highest BCUT2D eigenvalue weighted by Crippen LogP contribution is 2.48. The minimum Gasteiger partial charge on any atom is -0.436 e. The smallest absolute Gasteiger partial charge is 0.316 e. The largest absolute Gasteiger partial charge is 0.436 e. The Labute approximate surface area is 105 Å². The van der Waals surface area contributed by atoms with Crippen molar-refractivity contribution < 1.29 is 9.39 Å². The summed E-state index contributed by atoms with van der Waals surface area (Å²) in [4.78, 5) is 2.69. The summed E-state index contributed by atoms with van der Waals surface area (Å²) in [6, 6.07) is 0. The Balaban J connectivity index is 1.84. The number of ether oxygens (including phenoxy) is 1. The van der Waals surface area contributed by atoms with E-state index in [1.807, 2.05) is 7.11 Å². The van der Waals surface area contributed by atoms with Gasteiger partial charge in [-0.1, -0.05) is 25.7 Å². The van der Waals surface area contributed by atoms with Gasteiger partial charge in [0.05, 0.1) is 13.2 Å². The fraction of sp³-hybridized carbons (Fsp3) is 1.00. The maximum Gasteiger partial charge on any atom is 0.316 e. The Morgan fingerprint density at radius 3 is 2.41 bits per heavy atom. The fourth-order valence-electron chi connectivity index (χ4n) is 4.55. The molecule has 0 spiro atoms. The average molecular weight is 237 g/mol. The molecule has 3 heterocycles. The average Bonchev–Trinajstić information content (AvgIpc) is 2.38. The van der Waals surface area contributed by atoms with Crippen LogP contribution in [0, 0.1) is 0 Å². The van der Waals surface area contributed by atoms with Crippen LogP contribution in [-0.2, 0) is 9.39 Å². The van der Waals surface area contributed by atoms with Crippen LogP contribution in [0.25, 0.3) is 0 Å². The topological polar surface area (TPSA) is 21.7 Å². The Morgan fingerprint density at radius 2 is 1.82 bits per heavy atom. The molecule has 3 saturated heterocycles. The van der Waals surface area contributed by atoms with Gasteiger partial charge < -0.3 is 9.39 Å². The van der Waals surface area contributed by atoms with Crippen molar-refractivity contribution in [3.63, 3.8) is 0 Å². The summed E-state index contributed by atoms with van der Waals surface area (Å²) in [5.41, 5.74) is 0.347. The normalized spacial score (nSPS) is 39.4. The third kappa shape index (κ3) is 1.94. The summed E-state index contributed by atoms with van der Waals surface area (Å²) in [6.07, 6.45) is 8.21. The zero-order chi connectivity index (χ0) is 11.7. The highest BCUT2D eigenvalue weighted by molar-refractivity contribution is 6.58. The maximum absolute atomic E-state index is 5.93. The summed E-state index contributed by atoms with van der Waals surface area (Å²) in [7, 11) is 1.92. The molecule has 3 rings (SSSR count). The molecule has 2 bridgehead atoms. The molecule has 0 unspecified atom stereocenters. The van der Waals surface area contributed by atoms with E-state index in [1.54, 1.807) is 0 Å². The van der Waals surface area contributed by atoms with E-state index in [9.17, 15) is 0 Å². The minimum atomic E-state index is 0.347. The minimum absolute atomic E-state index is 0.347. The summed E-state index contributed by atoms with van der Waals surface area (Å²) in [6.45, 7) is 4.49. The van der Waals surface area contributed by atoms with Crippen molar-refractivity contribution in [3.05, 3.63) is 0 Å². The molecule has 0 saturated carbocycles. The van der Waals surface area contributed by atoms with Crippen LogP contribution in [0.5, 0.6) is 0 Å². The second-order valence-corrected chi connectivity index (χ2v) is 5.90. The van der Waals surface area contributed by atoms with Gasteiger partial charge in [0, 0.05) is 25.6 Å². The highest BCUT2D eigenvalue weighted by atomic mass is 16.5. The van der Waals surface area contributed by atoms with E-state index in [-0.39, 0.29) is 0 Å². The van der Waals surface area contributed by atoms with Crippen LogP contribution in [0.15, 0.2) is 0 Å². The van der Waals surface area contributed by atoms with Crippen molar-refractivity contribution in [3.8, 4) is 0 Å². The van der Waals surface area contributed by atoms with Crippen LogP contribution in [0.1, 0.15) is 38.5 Å². The van der Waals surface area contributed by atoms with E-state index in [2.05, 4.69) is 4.90 Å². The van der Waals surface area contributed by atoms with Crippen LogP contribution < -0.4 is 0 Å². The van der Waals surface area contributed by atoms with Gasteiger partial charge in [0.2, 0.25) is 0 Å². The standard InChI is InChI=1S/C13H24BNO2/c1-16-14-12-4-2-6-13(14,7-3-5-12)15-8-10-17-11-9-15/h12H,2-11H2,1H3. The van der Waals surface area contributed by atoms with Crippen molar-refractivity contribution >= 4 is 6.92 Å². The van der Waals surface area contributed by atoms with Gasteiger partial charge in [0.15, 0.2) is 0 Å². The molecule has 0 aromatic heterocycles. The molecule has 0 amide bonds. The van der Waals surface area contributed by atoms with Crippen molar-refractivity contribution in [2.45, 2.75) is 49.8 Å². The van der Waals surface area contributed by atoms with E-state index in [4.69, 9.17) is 9.39 Å². The Bertz CT molecular complexity index is 258. The Morgan fingerprint density at radius 1 is 1.18 bits per heavy atom. The molecule has 0 aromatic rings. The van der Waals surface area contributed by atoms with Crippen LogP contribution in [-0.4, -0.2) is 50.7 Å². The number of hydrogen-bond donors (Lipinski definition) is 0. The molecule has 4 heteroatoms. The molecule has 3 aliphatic rings. The van der Waals surface area contributed by atoms with Gasteiger partial charge in [-0.2, -0.15) is 0 Å².